The summed E-state index contributed by atoms with van der Waals surface area (Å²) >= 11 is 0. The van der Waals surface area contributed by atoms with Crippen molar-refractivity contribution in [1.82, 2.24) is 19.8 Å². The number of ether oxygens (including phenoxy) is 1. The molecule has 0 bridgehead atoms. The Kier molecular flexibility index (Phi) is 7.70. The molecule has 2 heterocycles. The van der Waals surface area contributed by atoms with E-state index in [1.807, 2.05) is 18.2 Å². The van der Waals surface area contributed by atoms with E-state index < -0.39 is 24.0 Å². The summed E-state index contributed by atoms with van der Waals surface area (Å²) in [5.74, 6) is -0.904. The van der Waals surface area contributed by atoms with Crippen LogP contribution in [0.25, 0.3) is 21.8 Å². The van der Waals surface area contributed by atoms with Crippen molar-refractivity contribution in [2.45, 2.75) is 44.3 Å². The van der Waals surface area contributed by atoms with Crippen molar-refractivity contribution in [2.75, 3.05) is 13.7 Å². The molecule has 1 saturated carbocycles. The molecular weight excluding hydrogens is 512 g/mol. The van der Waals surface area contributed by atoms with Crippen molar-refractivity contribution in [1.29, 1.82) is 0 Å². The number of Topliss-reactive ketones (excluding diaryl/α,β-unsaturated/α-hetero) is 1. The number of amides is 2. The minimum absolute atomic E-state index is 0.146. The van der Waals surface area contributed by atoms with E-state index in [1.54, 1.807) is 48.0 Å². The van der Waals surface area contributed by atoms with Crippen LogP contribution in [0.5, 0.6) is 5.75 Å². The molecule has 1 aliphatic rings. The number of carbonyl (C=O) groups excluding carboxylic acids is 3. The van der Waals surface area contributed by atoms with Gasteiger partial charge in [-0.1, -0.05) is 48.5 Å². The molecule has 0 aliphatic heterocycles. The van der Waals surface area contributed by atoms with Crippen molar-refractivity contribution in [3.63, 3.8) is 0 Å². The lowest BCUT2D eigenvalue weighted by atomic mass is 9.91. The number of aliphatic hydroxyl groups excluding tert-OH is 1. The molecule has 10 heteroatoms. The third kappa shape index (κ3) is 4.98. The van der Waals surface area contributed by atoms with Crippen LogP contribution in [-0.2, 0) is 18.4 Å². The first-order valence-corrected chi connectivity index (χ1v) is 13.3. The molecule has 2 aromatic carbocycles. The number of benzene rings is 2. The van der Waals surface area contributed by atoms with Gasteiger partial charge in [-0.05, 0) is 31.7 Å². The average Bonchev–Trinajstić information content (AvgIpc) is 3.28. The molecule has 4 aromatic rings. The Bertz CT molecular complexity index is 1660. The predicted molar refractivity (Wildman–Crippen MR) is 151 cm³/mol. The zero-order valence-corrected chi connectivity index (χ0v) is 22.5. The van der Waals surface area contributed by atoms with Gasteiger partial charge in [0, 0.05) is 30.1 Å². The molecule has 2 unspecified atom stereocenters. The topological polar surface area (TPSA) is 132 Å². The van der Waals surface area contributed by atoms with Crippen LogP contribution in [0.4, 0.5) is 0 Å². The van der Waals surface area contributed by atoms with Gasteiger partial charge < -0.3 is 25.0 Å². The number of nitrogens with zero attached hydrogens (tertiary/aromatic N) is 2. The maximum atomic E-state index is 14.0. The Morgan fingerprint density at radius 1 is 1.00 bits per heavy atom. The lowest BCUT2D eigenvalue weighted by molar-refractivity contribution is -0.124. The van der Waals surface area contributed by atoms with Gasteiger partial charge in [0.15, 0.2) is 17.2 Å². The zero-order valence-electron chi connectivity index (χ0n) is 22.5. The number of nitrogens with one attached hydrogen (secondary N) is 2. The van der Waals surface area contributed by atoms with Crippen molar-refractivity contribution in [2.24, 2.45) is 7.05 Å². The van der Waals surface area contributed by atoms with Crippen LogP contribution < -0.4 is 20.9 Å². The van der Waals surface area contributed by atoms with Crippen molar-refractivity contribution in [3.05, 3.63) is 76.2 Å². The first-order valence-electron chi connectivity index (χ1n) is 13.3. The Balaban J connectivity index is 1.56. The van der Waals surface area contributed by atoms with Crippen molar-refractivity contribution in [3.8, 4) is 5.75 Å². The minimum atomic E-state index is -0.580. The number of hydrogen-bond donors (Lipinski definition) is 3. The molecule has 5 rings (SSSR count). The first kappa shape index (κ1) is 27.1. The fourth-order valence-electron chi connectivity index (χ4n) is 5.77. The highest BCUT2D eigenvalue weighted by Gasteiger charge is 2.30. The average molecular weight is 545 g/mol. The maximum Gasteiger partial charge on any atom is 0.272 e. The molecule has 0 saturated heterocycles. The fraction of sp³-hybridized carbons (Fsp3) is 0.333. The lowest BCUT2D eigenvalue weighted by Crippen LogP contribution is -2.46. The summed E-state index contributed by atoms with van der Waals surface area (Å²) in [6, 6.07) is 15.7. The summed E-state index contributed by atoms with van der Waals surface area (Å²) < 4.78 is 8.80. The van der Waals surface area contributed by atoms with E-state index in [1.165, 1.54) is 11.7 Å². The van der Waals surface area contributed by atoms with Gasteiger partial charge >= 0.3 is 0 Å². The van der Waals surface area contributed by atoms with Crippen LogP contribution in [-0.4, -0.2) is 57.6 Å². The van der Waals surface area contributed by atoms with E-state index in [4.69, 9.17) is 9.84 Å². The van der Waals surface area contributed by atoms with Crippen LogP contribution >= 0.6 is 0 Å². The zero-order chi connectivity index (χ0) is 28.4. The smallest absolute Gasteiger partial charge is 0.272 e. The molecule has 2 amide bonds. The molecule has 0 radical (unpaired) electrons. The van der Waals surface area contributed by atoms with Gasteiger partial charge in [0.1, 0.15) is 12.0 Å². The van der Waals surface area contributed by atoms with Crippen molar-refractivity contribution < 1.29 is 24.2 Å². The van der Waals surface area contributed by atoms with Crippen LogP contribution in [0, 0.1) is 0 Å². The highest BCUT2D eigenvalue weighted by atomic mass is 16.5. The minimum Gasteiger partial charge on any atom is -0.493 e. The van der Waals surface area contributed by atoms with Gasteiger partial charge in [-0.25, -0.2) is 0 Å². The number of carbonyl (C=O) groups is 3. The van der Waals surface area contributed by atoms with E-state index in [9.17, 15) is 19.2 Å². The largest absolute Gasteiger partial charge is 0.493 e. The second-order valence-corrected chi connectivity index (χ2v) is 10.1. The molecule has 40 heavy (non-hydrogen) atoms. The Morgan fingerprint density at radius 2 is 1.68 bits per heavy atom. The number of ketones is 1. The Hall–Kier alpha value is -4.44. The summed E-state index contributed by atoms with van der Waals surface area (Å²) in [7, 11) is 3.14. The first-order chi connectivity index (χ1) is 19.3. The molecular formula is C30H32N4O6. The van der Waals surface area contributed by atoms with E-state index in [2.05, 4.69) is 10.6 Å². The monoisotopic (exact) mass is 544 g/mol. The van der Waals surface area contributed by atoms with Gasteiger partial charge in [0.25, 0.3) is 11.5 Å². The second kappa shape index (κ2) is 11.4. The summed E-state index contributed by atoms with van der Waals surface area (Å²) in [6.45, 7) is -0.745. The number of methoxy groups -OCH3 is 1. The van der Waals surface area contributed by atoms with Crippen molar-refractivity contribution >= 4 is 39.4 Å². The number of pyridine rings is 1. The van der Waals surface area contributed by atoms with Crippen LogP contribution in [0.1, 0.15) is 46.5 Å². The molecule has 10 nitrogen and oxygen atoms in total. The van der Waals surface area contributed by atoms with Gasteiger partial charge in [0.05, 0.1) is 24.7 Å². The van der Waals surface area contributed by atoms with E-state index >= 15 is 0 Å². The van der Waals surface area contributed by atoms with Crippen LogP contribution in [0.3, 0.4) is 0 Å². The van der Waals surface area contributed by atoms with Gasteiger partial charge in [-0.15, -0.1) is 0 Å². The molecule has 0 spiro atoms. The van der Waals surface area contributed by atoms with Gasteiger partial charge in [-0.2, -0.15) is 0 Å². The normalized spacial score (nSPS) is 17.1. The Morgan fingerprint density at radius 3 is 2.38 bits per heavy atom. The molecule has 3 N–H and O–H groups in total. The van der Waals surface area contributed by atoms with E-state index in [0.29, 0.717) is 28.4 Å². The molecule has 2 atom stereocenters. The summed E-state index contributed by atoms with van der Waals surface area (Å²) in [4.78, 5) is 52.4. The molecule has 2 aromatic heterocycles. The van der Waals surface area contributed by atoms with E-state index in [-0.39, 0.29) is 41.2 Å². The maximum absolute atomic E-state index is 14.0. The van der Waals surface area contributed by atoms with Crippen LogP contribution in [0.15, 0.2) is 59.4 Å². The number of aryl methyl sites for hydroxylation is 1. The fourth-order valence-corrected chi connectivity index (χ4v) is 5.77. The summed E-state index contributed by atoms with van der Waals surface area (Å²) in [5.41, 5.74) is 1.40. The van der Waals surface area contributed by atoms with Gasteiger partial charge in [0.2, 0.25) is 5.91 Å². The van der Waals surface area contributed by atoms with Gasteiger partial charge in [-0.3, -0.25) is 23.7 Å². The number of para-hydroxylation sites is 1. The number of aliphatic hydroxyl groups is 1. The van der Waals surface area contributed by atoms with Crippen LogP contribution in [0.2, 0.25) is 0 Å². The second-order valence-electron chi connectivity index (χ2n) is 10.1. The standard InChI is InChI=1S/C30H32N4O6/c1-33-26-21-13-6-7-14-22(21)34(16-23(36)18-9-4-3-5-10-18)30(39)25(26)28(40-2)27(33)29(38)32-20-12-8-11-19(15-20)31-24(37)17-35/h3-7,9-10,13-14,19-20,35H,8,11-12,15-17H2,1-2H3,(H,31,37)(H,32,38). The summed E-state index contributed by atoms with van der Waals surface area (Å²) in [6.07, 6.45) is 2.84. The number of rotatable bonds is 8. The molecule has 1 aliphatic carbocycles. The Labute approximate surface area is 230 Å². The quantitative estimate of drug-likeness (QED) is 0.292. The highest BCUT2D eigenvalue weighted by molar-refractivity contribution is 6.12. The number of hydrogen-bond acceptors (Lipinski definition) is 6. The number of aromatic nitrogens is 2. The highest BCUT2D eigenvalue weighted by Crippen LogP contribution is 2.35. The molecule has 208 valence electrons. The molecule has 1 fully saturated rings. The summed E-state index contributed by atoms with van der Waals surface area (Å²) in [5, 5.41) is 15.8. The lowest BCUT2D eigenvalue weighted by Gasteiger charge is -2.30. The SMILES string of the molecule is COc1c(C(=O)NC2CCCC(NC(=O)CO)C2)n(C)c2c1c(=O)n(CC(=O)c1ccccc1)c1ccccc21. The third-order valence-corrected chi connectivity index (χ3v) is 7.59. The predicted octanol–water partition coefficient (Wildman–Crippen LogP) is 2.53. The number of fused-ring (bicyclic) bond motifs is 3. The third-order valence-electron chi connectivity index (χ3n) is 7.59. The van der Waals surface area contributed by atoms with E-state index in [0.717, 1.165) is 19.3 Å².